The molecule has 0 unspecified atom stereocenters. The van der Waals surface area contributed by atoms with Crippen molar-refractivity contribution in [2.24, 2.45) is 5.92 Å². The molecule has 1 aliphatic heterocycles. The van der Waals surface area contributed by atoms with E-state index in [2.05, 4.69) is 10.6 Å². The van der Waals surface area contributed by atoms with E-state index in [1.54, 1.807) is 14.0 Å². The molecule has 212 valence electrons. The Morgan fingerprint density at radius 2 is 1.68 bits per heavy atom. The van der Waals surface area contributed by atoms with Crippen molar-refractivity contribution in [3.8, 4) is 0 Å². The van der Waals surface area contributed by atoms with Crippen molar-refractivity contribution in [2.75, 3.05) is 25.5 Å². The van der Waals surface area contributed by atoms with E-state index in [9.17, 15) is 9.59 Å². The van der Waals surface area contributed by atoms with Crippen molar-refractivity contribution in [3.63, 3.8) is 0 Å². The van der Waals surface area contributed by atoms with E-state index >= 15 is 0 Å². The van der Waals surface area contributed by atoms with Crippen molar-refractivity contribution in [1.82, 2.24) is 20.5 Å². The number of benzene rings is 2. The number of carbonyl (C=O) groups is 2. The van der Waals surface area contributed by atoms with Gasteiger partial charge in [0.1, 0.15) is 11.9 Å². The lowest BCUT2D eigenvalue weighted by molar-refractivity contribution is -0.139. The molecule has 0 aliphatic carbocycles. The second-order valence-electron chi connectivity index (χ2n) is 10.7. The lowest BCUT2D eigenvalue weighted by Gasteiger charge is -2.31. The van der Waals surface area contributed by atoms with Crippen LogP contribution in [0.2, 0.25) is 0 Å². The molecule has 0 saturated carbocycles. The van der Waals surface area contributed by atoms with Crippen LogP contribution in [0.15, 0.2) is 78.9 Å². The first kappa shape index (κ1) is 29.2. The third-order valence-corrected chi connectivity index (χ3v) is 7.52. The van der Waals surface area contributed by atoms with E-state index in [4.69, 9.17) is 9.72 Å². The number of para-hydroxylation sites is 1. The summed E-state index contributed by atoms with van der Waals surface area (Å²) in [6, 6.07) is 24.7. The van der Waals surface area contributed by atoms with E-state index in [1.807, 2.05) is 110 Å². The van der Waals surface area contributed by atoms with Gasteiger partial charge < -0.3 is 25.2 Å². The van der Waals surface area contributed by atoms with E-state index in [1.165, 1.54) is 0 Å². The third kappa shape index (κ3) is 7.06. The van der Waals surface area contributed by atoms with Crippen LogP contribution in [-0.4, -0.2) is 60.5 Å². The predicted molar refractivity (Wildman–Crippen MR) is 158 cm³/mol. The van der Waals surface area contributed by atoms with Crippen LogP contribution >= 0.6 is 0 Å². The minimum atomic E-state index is -0.658. The average molecular weight is 544 g/mol. The van der Waals surface area contributed by atoms with Gasteiger partial charge in [-0.1, -0.05) is 68.4 Å². The van der Waals surface area contributed by atoms with Crippen LogP contribution in [0.1, 0.15) is 44.5 Å². The van der Waals surface area contributed by atoms with E-state index in [-0.39, 0.29) is 29.9 Å². The Bertz CT molecular complexity index is 1250. The van der Waals surface area contributed by atoms with Gasteiger partial charge in [0.15, 0.2) is 0 Å². The summed E-state index contributed by atoms with van der Waals surface area (Å²) < 4.78 is 6.32. The Hall–Kier alpha value is -3.75. The van der Waals surface area contributed by atoms with Crippen molar-refractivity contribution in [1.29, 1.82) is 0 Å². The molecule has 40 heavy (non-hydrogen) atoms. The van der Waals surface area contributed by atoms with Crippen molar-refractivity contribution in [3.05, 3.63) is 90.1 Å². The van der Waals surface area contributed by atoms with Gasteiger partial charge in [-0.25, -0.2) is 4.98 Å². The molecule has 0 radical (unpaired) electrons. The zero-order valence-corrected chi connectivity index (χ0v) is 24.1. The maximum absolute atomic E-state index is 14.1. The van der Waals surface area contributed by atoms with Gasteiger partial charge in [0.2, 0.25) is 11.8 Å². The molecule has 8 heteroatoms. The van der Waals surface area contributed by atoms with E-state index in [0.717, 1.165) is 22.8 Å². The third-order valence-electron chi connectivity index (χ3n) is 7.52. The number of nitrogens with one attached hydrogen (secondary N) is 2. The van der Waals surface area contributed by atoms with Gasteiger partial charge in [0.25, 0.3) is 0 Å². The molecule has 1 aromatic heterocycles. The SMILES string of the molecule is CN[C@@H](C)C(=O)N[C@H](C(=O)N1C[C@H](OCc2ccccc2)C[C@H]1c1cccc(N(C)c2ccccc2)n1)C(C)C. The highest BCUT2D eigenvalue weighted by Crippen LogP contribution is 2.35. The number of hydrogen-bond acceptors (Lipinski definition) is 6. The normalized spacial score (nSPS) is 18.4. The molecular formula is C32H41N5O3. The molecule has 1 saturated heterocycles. The van der Waals surface area contributed by atoms with Gasteiger partial charge in [-0.3, -0.25) is 9.59 Å². The molecule has 0 spiro atoms. The molecule has 3 aromatic rings. The summed E-state index contributed by atoms with van der Waals surface area (Å²) in [5.41, 5.74) is 2.91. The fourth-order valence-corrected chi connectivity index (χ4v) is 4.93. The van der Waals surface area contributed by atoms with Crippen LogP contribution in [0.3, 0.4) is 0 Å². The first-order chi connectivity index (χ1) is 19.3. The number of aromatic nitrogens is 1. The average Bonchev–Trinajstić information content (AvgIpc) is 3.43. The van der Waals surface area contributed by atoms with Gasteiger partial charge in [-0.05, 0) is 49.7 Å². The van der Waals surface area contributed by atoms with Crippen LogP contribution in [0, 0.1) is 5.92 Å². The number of anilines is 2. The van der Waals surface area contributed by atoms with Gasteiger partial charge in [0.05, 0.1) is 30.5 Å². The quantitative estimate of drug-likeness (QED) is 0.372. The van der Waals surface area contributed by atoms with Gasteiger partial charge in [0, 0.05) is 25.7 Å². The molecule has 1 aliphatic rings. The van der Waals surface area contributed by atoms with Gasteiger partial charge in [-0.2, -0.15) is 0 Å². The maximum Gasteiger partial charge on any atom is 0.246 e. The Balaban J connectivity index is 1.61. The van der Waals surface area contributed by atoms with Crippen LogP contribution < -0.4 is 15.5 Å². The zero-order valence-electron chi connectivity index (χ0n) is 24.1. The largest absolute Gasteiger partial charge is 0.372 e. The second kappa shape index (κ2) is 13.5. The van der Waals surface area contributed by atoms with Crippen LogP contribution in [0.25, 0.3) is 0 Å². The van der Waals surface area contributed by atoms with Crippen LogP contribution in [0.4, 0.5) is 11.5 Å². The van der Waals surface area contributed by atoms with E-state index < -0.39 is 12.1 Å². The monoisotopic (exact) mass is 543 g/mol. The number of hydrogen-bond donors (Lipinski definition) is 2. The van der Waals surface area contributed by atoms with Crippen molar-refractivity contribution < 1.29 is 14.3 Å². The summed E-state index contributed by atoms with van der Waals surface area (Å²) in [6.07, 6.45) is 0.460. The number of carbonyl (C=O) groups excluding carboxylic acids is 2. The zero-order chi connectivity index (χ0) is 28.6. The molecule has 4 atom stereocenters. The minimum absolute atomic E-state index is 0.0889. The Labute approximate surface area is 237 Å². The van der Waals surface area contributed by atoms with Crippen molar-refractivity contribution >= 4 is 23.3 Å². The fraction of sp³-hybridized carbons (Fsp3) is 0.406. The molecule has 8 nitrogen and oxygen atoms in total. The molecule has 1 fully saturated rings. The fourth-order valence-electron chi connectivity index (χ4n) is 4.93. The summed E-state index contributed by atoms with van der Waals surface area (Å²) in [5, 5.41) is 5.93. The van der Waals surface area contributed by atoms with Gasteiger partial charge >= 0.3 is 0 Å². The molecule has 2 N–H and O–H groups in total. The van der Waals surface area contributed by atoms with Crippen molar-refractivity contribution in [2.45, 2.75) is 58.0 Å². The summed E-state index contributed by atoms with van der Waals surface area (Å²) in [7, 11) is 3.71. The highest BCUT2D eigenvalue weighted by molar-refractivity contribution is 5.90. The number of rotatable bonds is 11. The number of amides is 2. The highest BCUT2D eigenvalue weighted by Gasteiger charge is 2.41. The summed E-state index contributed by atoms with van der Waals surface area (Å²) in [4.78, 5) is 35.7. The Kier molecular flexibility index (Phi) is 9.90. The number of ether oxygens (including phenoxy) is 1. The minimum Gasteiger partial charge on any atom is -0.372 e. The Morgan fingerprint density at radius 3 is 2.33 bits per heavy atom. The molecule has 0 bridgehead atoms. The smallest absolute Gasteiger partial charge is 0.246 e. The summed E-state index contributed by atoms with van der Waals surface area (Å²) in [5.74, 6) is 0.383. The summed E-state index contributed by atoms with van der Waals surface area (Å²) >= 11 is 0. The van der Waals surface area contributed by atoms with Crippen LogP contribution in [0.5, 0.6) is 0 Å². The lowest BCUT2D eigenvalue weighted by atomic mass is 10.0. The number of likely N-dealkylation sites (N-methyl/N-ethyl adjacent to an activating group) is 1. The summed E-state index contributed by atoms with van der Waals surface area (Å²) in [6.45, 7) is 6.58. The first-order valence-corrected chi connectivity index (χ1v) is 14.0. The number of likely N-dealkylation sites (tertiary alicyclic amines) is 1. The lowest BCUT2D eigenvalue weighted by Crippen LogP contribution is -2.54. The molecule has 2 aromatic carbocycles. The first-order valence-electron chi connectivity index (χ1n) is 14.0. The molecule has 4 rings (SSSR count). The maximum atomic E-state index is 14.1. The molecular weight excluding hydrogens is 502 g/mol. The topological polar surface area (TPSA) is 86.8 Å². The molecule has 2 heterocycles. The number of nitrogens with zero attached hydrogens (tertiary/aromatic N) is 3. The highest BCUT2D eigenvalue weighted by atomic mass is 16.5. The van der Waals surface area contributed by atoms with Crippen LogP contribution in [-0.2, 0) is 20.9 Å². The Morgan fingerprint density at radius 1 is 1.00 bits per heavy atom. The predicted octanol–water partition coefficient (Wildman–Crippen LogP) is 4.46. The standard InChI is InChI=1S/C32H41N5O3/c1-22(2)30(35-31(38)23(3)33-4)32(39)37-20-26(40-21-24-13-8-6-9-14-24)19-28(37)27-17-12-18-29(34-27)36(5)25-15-10-7-11-16-25/h6-18,22-23,26,28,30,33H,19-21H2,1-5H3,(H,35,38)/t23-,26+,28-,30-/m0/s1. The number of pyridine rings is 1. The van der Waals surface area contributed by atoms with Gasteiger partial charge in [-0.15, -0.1) is 0 Å². The molecule has 2 amide bonds. The van der Waals surface area contributed by atoms with E-state index in [0.29, 0.717) is 19.6 Å². The second-order valence-corrected chi connectivity index (χ2v) is 10.7.